The van der Waals surface area contributed by atoms with E-state index < -0.39 is 11.6 Å². The van der Waals surface area contributed by atoms with Crippen LogP contribution in [0.4, 0.5) is 20.4 Å². The predicted molar refractivity (Wildman–Crippen MR) is 201 cm³/mol. The van der Waals surface area contributed by atoms with Gasteiger partial charge in [-0.25, -0.2) is 13.8 Å². The quantitative estimate of drug-likeness (QED) is 0.0926. The highest BCUT2D eigenvalue weighted by Gasteiger charge is 2.32. The molecule has 1 atom stereocenters. The average molecular weight is 748 g/mol. The Hall–Kier alpha value is -4.92. The Balaban J connectivity index is 0.934. The van der Waals surface area contributed by atoms with Crippen molar-refractivity contribution in [2.24, 2.45) is 22.7 Å². The summed E-state index contributed by atoms with van der Waals surface area (Å²) in [5.41, 5.74) is 0.622. The second-order valence-electron chi connectivity index (χ2n) is 16.4. The smallest absolute Gasteiger partial charge is 0.226 e. The van der Waals surface area contributed by atoms with Gasteiger partial charge in [0, 0.05) is 61.4 Å². The van der Waals surface area contributed by atoms with E-state index in [-0.39, 0.29) is 58.0 Å². The van der Waals surface area contributed by atoms with E-state index in [0.717, 1.165) is 25.9 Å². The molecule has 15 heteroatoms. The number of H-pyrrole nitrogens is 2. The van der Waals surface area contributed by atoms with Crippen molar-refractivity contribution in [3.05, 3.63) is 48.4 Å². The number of nitrogens with one attached hydrogen (secondary N) is 4. The molecule has 2 amide bonds. The van der Waals surface area contributed by atoms with Gasteiger partial charge in [0.2, 0.25) is 17.7 Å². The SMILES string of the molecule is COc1cncc(-c2[nH]nc(NC(=O)CC(C)(C)CN3CCC(COc4ccc(-c5[nH]nc(NC(=O)CC(C)(C)CC6CCCC6)c5F)cn4)C3)c2F)c1. The maximum Gasteiger partial charge on any atom is 0.226 e. The summed E-state index contributed by atoms with van der Waals surface area (Å²) in [6.45, 7) is 11.0. The van der Waals surface area contributed by atoms with Gasteiger partial charge in [-0.2, -0.15) is 10.2 Å². The molecule has 0 radical (unpaired) electrons. The van der Waals surface area contributed by atoms with Crippen molar-refractivity contribution in [1.29, 1.82) is 0 Å². The zero-order valence-corrected chi connectivity index (χ0v) is 31.7. The second kappa shape index (κ2) is 16.6. The lowest BCUT2D eigenvalue weighted by Gasteiger charge is -2.29. The highest BCUT2D eigenvalue weighted by atomic mass is 19.1. The fourth-order valence-corrected chi connectivity index (χ4v) is 7.83. The van der Waals surface area contributed by atoms with Gasteiger partial charge < -0.3 is 25.0 Å². The molecule has 13 nitrogen and oxygen atoms in total. The number of hydrogen-bond donors (Lipinski definition) is 4. The van der Waals surface area contributed by atoms with Crippen LogP contribution in [-0.4, -0.2) is 80.4 Å². The third-order valence-electron chi connectivity index (χ3n) is 10.3. The van der Waals surface area contributed by atoms with Crippen LogP contribution in [0.1, 0.15) is 79.1 Å². The molecule has 1 unspecified atom stereocenters. The first kappa shape index (κ1) is 38.8. The van der Waals surface area contributed by atoms with Gasteiger partial charge in [-0.15, -0.1) is 0 Å². The molecule has 4 aromatic heterocycles. The average Bonchev–Trinajstić information content (AvgIpc) is 3.94. The first-order chi connectivity index (χ1) is 25.8. The Labute approximate surface area is 314 Å². The van der Waals surface area contributed by atoms with E-state index in [2.05, 4.69) is 59.7 Å². The number of likely N-dealkylation sites (tertiary alicyclic amines) is 1. The molecule has 4 N–H and O–H groups in total. The lowest BCUT2D eigenvalue weighted by Crippen LogP contribution is -2.35. The minimum absolute atomic E-state index is 0.110. The van der Waals surface area contributed by atoms with Crippen LogP contribution in [0, 0.1) is 34.3 Å². The van der Waals surface area contributed by atoms with Crippen molar-refractivity contribution in [3.63, 3.8) is 0 Å². The number of amides is 2. The van der Waals surface area contributed by atoms with Crippen molar-refractivity contribution in [3.8, 4) is 34.1 Å². The normalized spacial score (nSPS) is 16.8. The zero-order chi connectivity index (χ0) is 38.5. The van der Waals surface area contributed by atoms with Crippen molar-refractivity contribution >= 4 is 23.5 Å². The number of hydrogen-bond acceptors (Lipinski definition) is 9. The Morgan fingerprint density at radius 1 is 0.870 bits per heavy atom. The highest BCUT2D eigenvalue weighted by molar-refractivity contribution is 5.91. The zero-order valence-electron chi connectivity index (χ0n) is 31.7. The maximum atomic E-state index is 15.3. The first-order valence-corrected chi connectivity index (χ1v) is 18.7. The fourth-order valence-electron chi connectivity index (χ4n) is 7.83. The molecule has 54 heavy (non-hydrogen) atoms. The molecule has 5 heterocycles. The summed E-state index contributed by atoms with van der Waals surface area (Å²) < 4.78 is 41.6. The molecular weight excluding hydrogens is 696 g/mol. The van der Waals surface area contributed by atoms with Crippen LogP contribution in [0.15, 0.2) is 36.8 Å². The topological polar surface area (TPSA) is 163 Å². The van der Waals surface area contributed by atoms with Crippen molar-refractivity contribution in [2.45, 2.75) is 79.1 Å². The second-order valence-corrected chi connectivity index (χ2v) is 16.4. The number of ether oxygens (including phenoxy) is 2. The third kappa shape index (κ3) is 9.98. The van der Waals surface area contributed by atoms with E-state index in [9.17, 15) is 9.59 Å². The molecule has 1 saturated carbocycles. The predicted octanol–water partition coefficient (Wildman–Crippen LogP) is 7.23. The largest absolute Gasteiger partial charge is 0.495 e. The van der Waals surface area contributed by atoms with E-state index in [1.54, 1.807) is 18.2 Å². The molecule has 1 aliphatic heterocycles. The number of pyridine rings is 2. The van der Waals surface area contributed by atoms with Gasteiger partial charge in [0.05, 0.1) is 19.9 Å². The van der Waals surface area contributed by atoms with E-state index >= 15 is 8.78 Å². The molecule has 1 aliphatic carbocycles. The lowest BCUT2D eigenvalue weighted by atomic mass is 9.79. The molecular formula is C39H51F2N9O4. The summed E-state index contributed by atoms with van der Waals surface area (Å²) in [4.78, 5) is 36.4. The van der Waals surface area contributed by atoms with Crippen LogP contribution in [0.3, 0.4) is 0 Å². The standard InChI is InChI=1S/C39H51F2N9O4/c1-38(2,15-24-8-6-7-9-24)16-29(51)44-36-32(40)34(46-48-36)26-10-11-31(43-19-26)54-22-25-12-13-50(21-25)23-39(3,4)17-30(52)45-37-33(41)35(47-49-37)27-14-28(53-5)20-42-18-27/h10-11,14,18-20,24-25H,6-9,12-13,15-17,21-23H2,1-5H3,(H2,44,46,48,51)(H2,45,47,49,52). The number of carbonyl (C=O) groups excluding carboxylic acids is 2. The van der Waals surface area contributed by atoms with Crippen LogP contribution in [0.25, 0.3) is 22.5 Å². The van der Waals surface area contributed by atoms with Gasteiger partial charge in [-0.3, -0.25) is 24.8 Å². The summed E-state index contributed by atoms with van der Waals surface area (Å²) in [7, 11) is 1.50. The van der Waals surface area contributed by atoms with E-state index in [4.69, 9.17) is 9.47 Å². The number of aromatic nitrogens is 6. The van der Waals surface area contributed by atoms with Crippen LogP contribution < -0.4 is 20.1 Å². The summed E-state index contributed by atoms with van der Waals surface area (Å²) in [6, 6.07) is 5.02. The van der Waals surface area contributed by atoms with Gasteiger partial charge in [-0.05, 0) is 48.3 Å². The van der Waals surface area contributed by atoms with Gasteiger partial charge in [-0.1, -0.05) is 53.4 Å². The molecule has 290 valence electrons. The Kier molecular flexibility index (Phi) is 11.9. The summed E-state index contributed by atoms with van der Waals surface area (Å²) >= 11 is 0. The van der Waals surface area contributed by atoms with E-state index in [1.165, 1.54) is 51.4 Å². The third-order valence-corrected chi connectivity index (χ3v) is 10.3. The minimum Gasteiger partial charge on any atom is -0.495 e. The number of methoxy groups -OCH3 is 1. The number of halogens is 2. The number of rotatable bonds is 16. The van der Waals surface area contributed by atoms with Crippen molar-refractivity contribution < 1.29 is 27.8 Å². The Morgan fingerprint density at radius 3 is 2.15 bits per heavy atom. The van der Waals surface area contributed by atoms with Crippen molar-refractivity contribution in [2.75, 3.05) is 44.0 Å². The van der Waals surface area contributed by atoms with Crippen LogP contribution in [0.2, 0.25) is 0 Å². The highest BCUT2D eigenvalue weighted by Crippen LogP contribution is 2.38. The van der Waals surface area contributed by atoms with Gasteiger partial charge in [0.15, 0.2) is 23.3 Å². The first-order valence-electron chi connectivity index (χ1n) is 18.7. The lowest BCUT2D eigenvalue weighted by molar-refractivity contribution is -0.119. The van der Waals surface area contributed by atoms with Crippen molar-refractivity contribution in [1.82, 2.24) is 35.3 Å². The monoisotopic (exact) mass is 747 g/mol. The molecule has 0 bridgehead atoms. The number of carbonyl (C=O) groups is 2. The van der Waals surface area contributed by atoms with Crippen LogP contribution in [-0.2, 0) is 9.59 Å². The number of nitrogens with zero attached hydrogens (tertiary/aromatic N) is 5. The molecule has 1 saturated heterocycles. The maximum absolute atomic E-state index is 15.3. The molecule has 4 aromatic rings. The summed E-state index contributed by atoms with van der Waals surface area (Å²) in [5, 5.41) is 18.6. The van der Waals surface area contributed by atoms with Crippen LogP contribution >= 0.6 is 0 Å². The van der Waals surface area contributed by atoms with Gasteiger partial charge in [0.1, 0.15) is 17.1 Å². The van der Waals surface area contributed by atoms with E-state index in [0.29, 0.717) is 48.2 Å². The fraction of sp³-hybridized carbons (Fsp3) is 0.538. The summed E-state index contributed by atoms with van der Waals surface area (Å²) in [5.74, 6) is -0.370. The van der Waals surface area contributed by atoms with E-state index in [1.807, 2.05) is 13.8 Å². The van der Waals surface area contributed by atoms with Crippen LogP contribution in [0.5, 0.6) is 11.6 Å². The molecule has 0 aromatic carbocycles. The molecule has 2 aliphatic rings. The number of anilines is 2. The van der Waals surface area contributed by atoms with Gasteiger partial charge in [0.25, 0.3) is 0 Å². The Morgan fingerprint density at radius 2 is 1.52 bits per heavy atom. The van der Waals surface area contributed by atoms with Gasteiger partial charge >= 0.3 is 0 Å². The molecule has 6 rings (SSSR count). The molecule has 2 fully saturated rings. The summed E-state index contributed by atoms with van der Waals surface area (Å²) in [6.07, 6.45) is 11.8. The number of aromatic amines is 2. The Bertz CT molecular complexity index is 1900. The minimum atomic E-state index is -0.671. The molecule has 0 spiro atoms.